The van der Waals surface area contributed by atoms with E-state index in [2.05, 4.69) is 19.9 Å². The molecule has 41 heavy (non-hydrogen) atoms. The van der Waals surface area contributed by atoms with Crippen molar-refractivity contribution in [2.45, 2.75) is 39.2 Å². The van der Waals surface area contributed by atoms with E-state index in [0.717, 1.165) is 5.57 Å². The second-order valence-electron chi connectivity index (χ2n) is 11.1. The Kier molecular flexibility index (Phi) is 7.33. The van der Waals surface area contributed by atoms with E-state index in [-0.39, 0.29) is 5.58 Å². The third-order valence-electron chi connectivity index (χ3n) is 8.08. The summed E-state index contributed by atoms with van der Waals surface area (Å²) in [6.45, 7) is 6.19. The SMILES string of the molecule is COc1cc(OC)c2ccc(=O)oc2c1[C@H]1C=C(C)CC(C)(C)[C@@H]1[C@@H](O)c1c(OC)cc(OC)c2ccc(=O)oc12. The monoisotopic (exact) mass is 562 g/mol. The van der Waals surface area contributed by atoms with E-state index < -0.39 is 34.6 Å². The van der Waals surface area contributed by atoms with E-state index in [9.17, 15) is 14.7 Å². The molecule has 3 atom stereocenters. The molecule has 2 aromatic heterocycles. The van der Waals surface area contributed by atoms with Crippen LogP contribution in [-0.2, 0) is 0 Å². The zero-order valence-electron chi connectivity index (χ0n) is 24.2. The van der Waals surface area contributed by atoms with Crippen LogP contribution in [0.5, 0.6) is 23.0 Å². The van der Waals surface area contributed by atoms with Crippen molar-refractivity contribution in [2.24, 2.45) is 11.3 Å². The topological polar surface area (TPSA) is 118 Å². The maximum atomic E-state index is 12.5. The Labute approximate surface area is 236 Å². The van der Waals surface area contributed by atoms with Crippen LogP contribution in [0, 0.1) is 11.3 Å². The third-order valence-corrected chi connectivity index (χ3v) is 8.08. The molecule has 2 aromatic carbocycles. The molecule has 216 valence electrons. The zero-order valence-corrected chi connectivity index (χ0v) is 24.2. The smallest absolute Gasteiger partial charge is 0.336 e. The van der Waals surface area contributed by atoms with E-state index >= 15 is 0 Å². The van der Waals surface area contributed by atoms with Gasteiger partial charge in [-0.2, -0.15) is 0 Å². The highest BCUT2D eigenvalue weighted by molar-refractivity contribution is 5.90. The molecule has 0 aliphatic heterocycles. The highest BCUT2D eigenvalue weighted by Crippen LogP contribution is 2.57. The fraction of sp³-hybridized carbons (Fsp3) is 0.375. The first-order chi connectivity index (χ1) is 19.5. The summed E-state index contributed by atoms with van der Waals surface area (Å²) in [4.78, 5) is 24.9. The van der Waals surface area contributed by atoms with Gasteiger partial charge in [-0.25, -0.2) is 9.59 Å². The minimum absolute atomic E-state index is 0.181. The van der Waals surface area contributed by atoms with Crippen molar-refractivity contribution in [3.05, 3.63) is 80.0 Å². The van der Waals surface area contributed by atoms with Crippen molar-refractivity contribution in [1.82, 2.24) is 0 Å². The number of hydrogen-bond acceptors (Lipinski definition) is 9. The number of aliphatic hydroxyl groups excluding tert-OH is 1. The second kappa shape index (κ2) is 10.6. The summed E-state index contributed by atoms with van der Waals surface area (Å²) in [7, 11) is 6.07. The Balaban J connectivity index is 1.84. The van der Waals surface area contributed by atoms with Gasteiger partial charge in [-0.15, -0.1) is 0 Å². The lowest BCUT2D eigenvalue weighted by molar-refractivity contribution is 0.0164. The fourth-order valence-corrected chi connectivity index (χ4v) is 6.52. The van der Waals surface area contributed by atoms with Gasteiger partial charge in [-0.1, -0.05) is 25.5 Å². The Hall–Kier alpha value is -4.24. The first kappa shape index (κ1) is 28.3. The van der Waals surface area contributed by atoms with Gasteiger partial charge in [0.2, 0.25) is 0 Å². The number of aliphatic hydroxyl groups is 1. The van der Waals surface area contributed by atoms with Crippen LogP contribution in [0.4, 0.5) is 0 Å². The molecule has 0 fully saturated rings. The van der Waals surface area contributed by atoms with Gasteiger partial charge in [0.05, 0.1) is 50.9 Å². The quantitative estimate of drug-likeness (QED) is 0.222. The minimum atomic E-state index is -1.19. The molecule has 0 amide bonds. The average Bonchev–Trinajstić information content (AvgIpc) is 2.93. The molecule has 1 aliphatic carbocycles. The lowest BCUT2D eigenvalue weighted by atomic mass is 9.60. The molecule has 9 nitrogen and oxygen atoms in total. The zero-order chi connectivity index (χ0) is 29.6. The molecule has 1 aliphatic rings. The molecule has 1 N–H and O–H groups in total. The van der Waals surface area contributed by atoms with Gasteiger partial charge >= 0.3 is 11.3 Å². The molecular formula is C32H34O9. The molecular weight excluding hydrogens is 528 g/mol. The van der Waals surface area contributed by atoms with Crippen molar-refractivity contribution in [3.8, 4) is 23.0 Å². The number of benzene rings is 2. The van der Waals surface area contributed by atoms with Gasteiger partial charge in [0.15, 0.2) is 5.58 Å². The van der Waals surface area contributed by atoms with E-state index in [1.54, 1.807) is 24.3 Å². The van der Waals surface area contributed by atoms with Gasteiger partial charge in [0, 0.05) is 41.7 Å². The summed E-state index contributed by atoms with van der Waals surface area (Å²) < 4.78 is 34.2. The van der Waals surface area contributed by atoms with Crippen molar-refractivity contribution in [1.29, 1.82) is 0 Å². The molecule has 0 spiro atoms. The largest absolute Gasteiger partial charge is 0.496 e. The molecule has 0 unspecified atom stereocenters. The predicted octanol–water partition coefficient (Wildman–Crippen LogP) is 5.74. The van der Waals surface area contributed by atoms with Crippen LogP contribution in [0.25, 0.3) is 21.9 Å². The maximum Gasteiger partial charge on any atom is 0.336 e. The number of ether oxygens (including phenoxy) is 4. The lowest BCUT2D eigenvalue weighted by Crippen LogP contribution is -2.37. The molecule has 0 saturated carbocycles. The van der Waals surface area contributed by atoms with Crippen LogP contribution in [0.2, 0.25) is 0 Å². The fourth-order valence-electron chi connectivity index (χ4n) is 6.52. The standard InChI is InChI=1S/C32H34O9/c1-16-12-19(26-22(38-6)13-20(36-4)17-8-10-24(33)40-30(17)26)28(32(2,3)15-16)29(35)27-23(39-7)14-21(37-5)18-9-11-25(34)41-31(18)27/h8-14,19,28-29,35H,15H2,1-7H3/t19-,28+,29+/m1/s1. The minimum Gasteiger partial charge on any atom is -0.496 e. The van der Waals surface area contributed by atoms with E-state index in [1.807, 2.05) is 6.92 Å². The number of methoxy groups -OCH3 is 4. The van der Waals surface area contributed by atoms with Gasteiger partial charge in [-0.3, -0.25) is 0 Å². The van der Waals surface area contributed by atoms with Crippen LogP contribution < -0.4 is 30.2 Å². The highest BCUT2D eigenvalue weighted by atomic mass is 16.5. The summed E-state index contributed by atoms with van der Waals surface area (Å²) in [5.74, 6) is 0.692. The summed E-state index contributed by atoms with van der Waals surface area (Å²) in [6.07, 6.45) is 1.57. The maximum absolute atomic E-state index is 12.5. The van der Waals surface area contributed by atoms with Gasteiger partial charge in [-0.05, 0) is 30.9 Å². The van der Waals surface area contributed by atoms with Crippen LogP contribution in [0.15, 0.2) is 66.5 Å². The van der Waals surface area contributed by atoms with Crippen LogP contribution in [0.1, 0.15) is 50.3 Å². The molecule has 2 heterocycles. The average molecular weight is 563 g/mol. The van der Waals surface area contributed by atoms with E-state index in [4.69, 9.17) is 27.8 Å². The molecule has 0 bridgehead atoms. The predicted molar refractivity (Wildman–Crippen MR) is 155 cm³/mol. The van der Waals surface area contributed by atoms with Crippen LogP contribution in [0.3, 0.4) is 0 Å². The van der Waals surface area contributed by atoms with Gasteiger partial charge in [0.25, 0.3) is 0 Å². The van der Waals surface area contributed by atoms with E-state index in [1.165, 1.54) is 40.6 Å². The summed E-state index contributed by atoms with van der Waals surface area (Å²) in [5, 5.41) is 13.5. The normalized spacial score (nSPS) is 19.1. The van der Waals surface area contributed by atoms with Crippen molar-refractivity contribution in [3.63, 3.8) is 0 Å². The third kappa shape index (κ3) is 4.74. The molecule has 9 heteroatoms. The Bertz CT molecular complexity index is 1780. The Morgan fingerprint density at radius 1 is 0.805 bits per heavy atom. The summed E-state index contributed by atoms with van der Waals surface area (Å²) in [5.41, 5.74) is 0.960. The van der Waals surface area contributed by atoms with Crippen LogP contribution in [-0.4, -0.2) is 33.5 Å². The first-order valence-corrected chi connectivity index (χ1v) is 13.3. The number of rotatable bonds is 7. The number of fused-ring (bicyclic) bond motifs is 2. The van der Waals surface area contributed by atoms with Crippen molar-refractivity contribution in [2.75, 3.05) is 28.4 Å². The highest BCUT2D eigenvalue weighted by Gasteiger charge is 2.47. The lowest BCUT2D eigenvalue weighted by Gasteiger charge is -2.46. The number of allylic oxidation sites excluding steroid dienone is 2. The Morgan fingerprint density at radius 3 is 1.88 bits per heavy atom. The van der Waals surface area contributed by atoms with Crippen LogP contribution >= 0.6 is 0 Å². The number of hydrogen-bond donors (Lipinski definition) is 1. The molecule has 5 rings (SSSR count). The first-order valence-electron chi connectivity index (χ1n) is 13.3. The van der Waals surface area contributed by atoms with Gasteiger partial charge in [0.1, 0.15) is 28.6 Å². The second-order valence-corrected chi connectivity index (χ2v) is 11.1. The van der Waals surface area contributed by atoms with Gasteiger partial charge < -0.3 is 32.9 Å². The Morgan fingerprint density at radius 2 is 1.32 bits per heavy atom. The summed E-state index contributed by atoms with van der Waals surface area (Å²) >= 11 is 0. The molecule has 0 radical (unpaired) electrons. The summed E-state index contributed by atoms with van der Waals surface area (Å²) in [6, 6.07) is 9.36. The van der Waals surface area contributed by atoms with E-state index in [0.29, 0.717) is 56.9 Å². The van der Waals surface area contributed by atoms with Crippen molar-refractivity contribution >= 4 is 21.9 Å². The molecule has 4 aromatic rings. The molecule has 0 saturated heterocycles. The van der Waals surface area contributed by atoms with Crippen molar-refractivity contribution < 1.29 is 32.9 Å².